The second-order valence-electron chi connectivity index (χ2n) is 20.1. The van der Waals surface area contributed by atoms with Gasteiger partial charge in [-0.2, -0.15) is 0 Å². The average molecular weight is 1040 g/mol. The Morgan fingerprint density at radius 1 is 0.622 bits per heavy atom. The highest BCUT2D eigenvalue weighted by Crippen LogP contribution is 2.32. The van der Waals surface area contributed by atoms with E-state index in [-0.39, 0.29) is 95.4 Å². The number of aliphatic hydroxyl groups is 1. The van der Waals surface area contributed by atoms with Crippen LogP contribution in [0.5, 0.6) is 0 Å². The van der Waals surface area contributed by atoms with Crippen LogP contribution >= 0.6 is 0 Å². The smallest absolute Gasteiger partial charge is 0.245 e. The monoisotopic (exact) mass is 1040 g/mol. The van der Waals surface area contributed by atoms with E-state index in [4.69, 9.17) is 22.9 Å². The molecular weight excluding hydrogens is 955 g/mol. The number of carbonyl (C=O) groups is 9. The predicted molar refractivity (Wildman–Crippen MR) is 279 cm³/mol. The molecule has 2 aliphatic rings. The van der Waals surface area contributed by atoms with Gasteiger partial charge in [0.2, 0.25) is 53.2 Å². The van der Waals surface area contributed by atoms with Crippen molar-refractivity contribution in [2.24, 2.45) is 40.7 Å². The lowest BCUT2D eigenvalue weighted by atomic mass is 9.79. The first kappa shape index (κ1) is 62.5. The van der Waals surface area contributed by atoms with Crippen molar-refractivity contribution in [2.75, 3.05) is 32.7 Å². The number of amides is 9. The Kier molecular flexibility index (Phi) is 28.1. The van der Waals surface area contributed by atoms with Crippen LogP contribution < -0.4 is 70.8 Å². The molecule has 74 heavy (non-hydrogen) atoms. The van der Waals surface area contributed by atoms with E-state index in [0.29, 0.717) is 24.3 Å². The van der Waals surface area contributed by atoms with E-state index in [1.165, 1.54) is 6.92 Å². The van der Waals surface area contributed by atoms with Crippen molar-refractivity contribution in [1.82, 2.24) is 47.9 Å². The summed E-state index contributed by atoms with van der Waals surface area (Å²) in [4.78, 5) is 126. The van der Waals surface area contributed by atoms with Crippen LogP contribution in [-0.4, -0.2) is 145 Å². The minimum atomic E-state index is -1.60. The Balaban J connectivity index is 2.06. The first-order valence-electron chi connectivity index (χ1n) is 26.6. The average Bonchev–Trinajstić information content (AvgIpc) is 3.36. The number of unbranched alkanes of at least 4 members (excludes halogenated alkanes) is 2. The Hall–Kier alpha value is -5.75. The summed E-state index contributed by atoms with van der Waals surface area (Å²) < 4.78 is 0. The molecule has 0 aromatic heterocycles. The van der Waals surface area contributed by atoms with Gasteiger partial charge >= 0.3 is 0 Å². The fourth-order valence-electron chi connectivity index (χ4n) is 9.20. The number of benzene rings is 1. The number of hydrogen-bond donors (Lipinski definition) is 14. The second kappa shape index (κ2) is 33.2. The molecule has 1 aliphatic carbocycles. The minimum Gasteiger partial charge on any atom is -0.391 e. The van der Waals surface area contributed by atoms with Crippen LogP contribution in [-0.2, 0) is 49.6 Å². The molecular formula is C51H87N13O10. The Morgan fingerprint density at radius 2 is 1.14 bits per heavy atom. The van der Waals surface area contributed by atoms with Crippen molar-refractivity contribution < 1.29 is 48.3 Å². The summed E-state index contributed by atoms with van der Waals surface area (Å²) in [5.41, 5.74) is 24.2. The summed E-state index contributed by atoms with van der Waals surface area (Å²) in [5.74, 6) is -6.83. The zero-order chi connectivity index (χ0) is 54.7. The lowest BCUT2D eigenvalue weighted by molar-refractivity contribution is -0.136. The van der Waals surface area contributed by atoms with Gasteiger partial charge in [0.1, 0.15) is 48.3 Å². The highest BCUT2D eigenvalue weighted by molar-refractivity contribution is 5.98. The minimum absolute atomic E-state index is 0.00533. The van der Waals surface area contributed by atoms with Crippen molar-refractivity contribution in [3.05, 3.63) is 35.9 Å². The number of hydrogen-bond acceptors (Lipinski definition) is 14. The van der Waals surface area contributed by atoms with Crippen LogP contribution in [0.2, 0.25) is 0 Å². The van der Waals surface area contributed by atoms with Gasteiger partial charge < -0.3 is 75.9 Å². The van der Waals surface area contributed by atoms with Crippen LogP contribution in [0.1, 0.15) is 123 Å². The lowest BCUT2D eigenvalue weighted by Crippen LogP contribution is -2.61. The Morgan fingerprint density at radius 3 is 1.66 bits per heavy atom. The van der Waals surface area contributed by atoms with Gasteiger partial charge in [-0.25, -0.2) is 0 Å². The molecule has 0 bridgehead atoms. The zero-order valence-electron chi connectivity index (χ0n) is 43.9. The molecule has 1 saturated heterocycles. The summed E-state index contributed by atoms with van der Waals surface area (Å²) in [5, 5.41) is 34.6. The molecule has 3 rings (SSSR count). The normalized spacial score (nSPS) is 26.2. The first-order valence-corrected chi connectivity index (χ1v) is 26.6. The van der Waals surface area contributed by atoms with Crippen LogP contribution in [0.15, 0.2) is 30.3 Å². The Bertz CT molecular complexity index is 1970. The molecule has 1 aromatic carbocycles. The third kappa shape index (κ3) is 21.2. The highest BCUT2D eigenvalue weighted by atomic mass is 16.3. The second-order valence-corrected chi connectivity index (χ2v) is 20.1. The van der Waals surface area contributed by atoms with E-state index in [9.17, 15) is 48.3 Å². The van der Waals surface area contributed by atoms with Crippen LogP contribution in [0.25, 0.3) is 0 Å². The molecule has 23 heteroatoms. The van der Waals surface area contributed by atoms with E-state index in [2.05, 4.69) is 54.8 Å². The molecule has 18 N–H and O–H groups in total. The lowest BCUT2D eigenvalue weighted by Gasteiger charge is -2.30. The maximum atomic E-state index is 14.4. The molecule has 1 saturated carbocycles. The molecule has 2 fully saturated rings. The van der Waals surface area contributed by atoms with Crippen LogP contribution in [0.3, 0.4) is 0 Å². The fourth-order valence-corrected chi connectivity index (χ4v) is 9.20. The van der Waals surface area contributed by atoms with E-state index in [0.717, 1.165) is 38.5 Å². The van der Waals surface area contributed by atoms with Gasteiger partial charge in [-0.15, -0.1) is 0 Å². The molecule has 23 nitrogen and oxygen atoms in total. The van der Waals surface area contributed by atoms with Crippen LogP contribution in [0, 0.1) is 17.8 Å². The number of aliphatic hydroxyl groups excluding tert-OH is 1. The molecule has 9 amide bonds. The van der Waals surface area contributed by atoms with E-state index in [1.807, 2.05) is 13.8 Å². The predicted octanol–water partition coefficient (Wildman–Crippen LogP) is -2.16. The SMILES string of the molecule is CCCCCC1CCC(C(=O)N[C@H](CCN)C(=O)N[C@H]2CCNC(=O)[C@H]([C@@H](C)O)NC(=O)[C@H](CCN)NC(=O)[C@H](CCN)NC(=O)[C@H](CC(C)C)NC(=O)[C@@H](Cc3ccccc3)NC(=O)[C@H](CCN)NC2=O)CC1. The van der Waals surface area contributed by atoms with Crippen molar-refractivity contribution in [1.29, 1.82) is 0 Å². The van der Waals surface area contributed by atoms with Gasteiger partial charge in [0.05, 0.1) is 6.10 Å². The molecule has 1 aliphatic heterocycles. The van der Waals surface area contributed by atoms with Gasteiger partial charge in [0.25, 0.3) is 0 Å². The summed E-state index contributed by atoms with van der Waals surface area (Å²) in [7, 11) is 0. The summed E-state index contributed by atoms with van der Waals surface area (Å²) >= 11 is 0. The largest absolute Gasteiger partial charge is 0.391 e. The van der Waals surface area contributed by atoms with E-state index in [1.54, 1.807) is 30.3 Å². The molecule has 0 radical (unpaired) electrons. The molecule has 0 unspecified atom stereocenters. The fraction of sp³-hybridized carbons (Fsp3) is 0.706. The zero-order valence-corrected chi connectivity index (χ0v) is 43.9. The molecule has 9 atom stereocenters. The number of nitrogens with one attached hydrogen (secondary N) is 9. The third-order valence-electron chi connectivity index (χ3n) is 13.5. The third-order valence-corrected chi connectivity index (χ3v) is 13.5. The summed E-state index contributed by atoms with van der Waals surface area (Å²) in [6.45, 7) is 6.44. The van der Waals surface area contributed by atoms with Gasteiger partial charge in [-0.1, -0.05) is 76.8 Å². The van der Waals surface area contributed by atoms with Gasteiger partial charge in [-0.3, -0.25) is 43.2 Å². The van der Waals surface area contributed by atoms with E-state index < -0.39 is 102 Å². The van der Waals surface area contributed by atoms with E-state index >= 15 is 0 Å². The highest BCUT2D eigenvalue weighted by Gasteiger charge is 2.37. The van der Waals surface area contributed by atoms with Crippen LogP contribution in [0.4, 0.5) is 0 Å². The summed E-state index contributed by atoms with van der Waals surface area (Å²) in [6, 6.07) is -2.08. The Labute approximate surface area is 435 Å². The maximum Gasteiger partial charge on any atom is 0.245 e. The van der Waals surface area contributed by atoms with Gasteiger partial charge in [0, 0.05) is 18.9 Å². The van der Waals surface area contributed by atoms with Crippen molar-refractivity contribution in [2.45, 2.75) is 178 Å². The summed E-state index contributed by atoms with van der Waals surface area (Å²) in [6.07, 6.45) is 5.60. The van der Waals surface area contributed by atoms with Gasteiger partial charge in [-0.05, 0) is 115 Å². The maximum absolute atomic E-state index is 14.4. The van der Waals surface area contributed by atoms with Crippen molar-refractivity contribution in [3.8, 4) is 0 Å². The topological polar surface area (TPSA) is 386 Å². The molecule has 416 valence electrons. The number of nitrogens with two attached hydrogens (primary N) is 4. The van der Waals surface area contributed by atoms with Crippen molar-refractivity contribution >= 4 is 53.2 Å². The van der Waals surface area contributed by atoms with Crippen molar-refractivity contribution in [3.63, 3.8) is 0 Å². The molecule has 1 aromatic rings. The number of rotatable bonds is 21. The standard InChI is InChI=1S/C51H87N13O10/c1-5-6-8-11-32-14-16-34(17-15-32)43(66)57-35(18-23-52)44(67)61-39-22-27-56-51(74)42(31(4)65)64-48(71)38(21-26-55)59-45(68)36(19-24-53)60-49(72)40(28-30(2)3)62-50(73)41(29-33-12-9-7-10-13-33)63-46(69)37(20-25-54)58-47(39)70/h7,9-10,12-13,30-32,34-42,65H,5-6,8,11,14-29,52-55H2,1-4H3,(H,56,74)(H,57,66)(H,58,70)(H,59,68)(H,60,72)(H,61,67)(H,62,73)(H,63,69)(H,64,71)/t31-,32?,34?,35-,36+,37+,38+,39+,40+,41-,42+/m1/s1. The molecule has 1 heterocycles. The molecule has 0 spiro atoms. The van der Waals surface area contributed by atoms with Gasteiger partial charge in [0.15, 0.2) is 0 Å². The number of carbonyl (C=O) groups excluding carboxylic acids is 9. The quantitative estimate of drug-likeness (QED) is 0.0584. The first-order chi connectivity index (χ1) is 35.3.